The van der Waals surface area contributed by atoms with E-state index in [2.05, 4.69) is 4.98 Å². The van der Waals surface area contributed by atoms with Gasteiger partial charge in [0.15, 0.2) is 5.75 Å². The summed E-state index contributed by atoms with van der Waals surface area (Å²) < 4.78 is 34.0. The number of aromatic nitrogens is 2. The molecule has 0 aliphatic carbocycles. The topological polar surface area (TPSA) is 107 Å². The summed E-state index contributed by atoms with van der Waals surface area (Å²) in [6.45, 7) is 0.830. The molecule has 1 saturated heterocycles. The van der Waals surface area contributed by atoms with Crippen molar-refractivity contribution in [3.05, 3.63) is 63.6 Å². The maximum atomic E-state index is 12.7. The molecule has 0 spiro atoms. The number of benzene rings is 1. The number of ether oxygens (including phenoxy) is 1. The standard InChI is InChI=1S/C18H17ClN4O5S/c19-13-3-6-18-20-14(11-21(18)10-13)12-28-17-5-4-15(9-16(17)23(24)25)29(26,27)22-7-1-2-8-22/h3-6,9-11H,1-2,7-8,12H2. The summed E-state index contributed by atoms with van der Waals surface area (Å²) in [6.07, 6.45) is 4.96. The van der Waals surface area contributed by atoms with Crippen molar-refractivity contribution in [3.8, 4) is 5.75 Å². The third kappa shape index (κ3) is 3.91. The van der Waals surface area contributed by atoms with Gasteiger partial charge in [0, 0.05) is 31.5 Å². The third-order valence-electron chi connectivity index (χ3n) is 4.67. The Bertz CT molecular complexity index is 1190. The molecule has 1 aliphatic heterocycles. The first-order chi connectivity index (χ1) is 13.8. The molecule has 1 aliphatic rings. The van der Waals surface area contributed by atoms with E-state index in [4.69, 9.17) is 16.3 Å². The number of pyridine rings is 1. The van der Waals surface area contributed by atoms with Crippen molar-refractivity contribution in [2.45, 2.75) is 24.3 Å². The van der Waals surface area contributed by atoms with Crippen molar-refractivity contribution in [3.63, 3.8) is 0 Å². The van der Waals surface area contributed by atoms with E-state index < -0.39 is 20.6 Å². The second kappa shape index (κ2) is 7.62. The zero-order valence-corrected chi connectivity index (χ0v) is 16.8. The molecule has 9 nitrogen and oxygen atoms in total. The predicted octanol–water partition coefficient (Wildman–Crippen LogP) is 3.26. The summed E-state index contributed by atoms with van der Waals surface area (Å²) >= 11 is 5.95. The van der Waals surface area contributed by atoms with E-state index in [1.54, 1.807) is 28.9 Å². The van der Waals surface area contributed by atoms with Gasteiger partial charge in [0.1, 0.15) is 12.3 Å². The molecule has 2 aromatic heterocycles. The fraction of sp³-hybridized carbons (Fsp3) is 0.278. The highest BCUT2D eigenvalue weighted by Gasteiger charge is 2.29. The van der Waals surface area contributed by atoms with Crippen molar-refractivity contribution in [1.82, 2.24) is 13.7 Å². The number of nitrogens with zero attached hydrogens (tertiary/aromatic N) is 4. The van der Waals surface area contributed by atoms with Crippen LogP contribution in [0.5, 0.6) is 5.75 Å². The Morgan fingerprint density at radius 1 is 1.17 bits per heavy atom. The molecular weight excluding hydrogens is 420 g/mol. The fourth-order valence-corrected chi connectivity index (χ4v) is 4.94. The van der Waals surface area contributed by atoms with Gasteiger partial charge < -0.3 is 9.14 Å². The number of imidazole rings is 1. The SMILES string of the molecule is O=[N+]([O-])c1cc(S(=O)(=O)N2CCCC2)ccc1OCc1cn2cc(Cl)ccc2n1. The zero-order valence-electron chi connectivity index (χ0n) is 15.2. The fourth-order valence-electron chi connectivity index (χ4n) is 3.24. The van der Waals surface area contributed by atoms with Crippen molar-refractivity contribution < 1.29 is 18.1 Å². The molecule has 4 rings (SSSR count). The van der Waals surface area contributed by atoms with Crippen LogP contribution >= 0.6 is 11.6 Å². The maximum Gasteiger partial charge on any atom is 0.312 e. The van der Waals surface area contributed by atoms with Crippen LogP contribution in [0.1, 0.15) is 18.5 Å². The van der Waals surface area contributed by atoms with Gasteiger partial charge in [-0.3, -0.25) is 10.1 Å². The Morgan fingerprint density at radius 3 is 2.66 bits per heavy atom. The Labute approximate surface area is 171 Å². The monoisotopic (exact) mass is 436 g/mol. The summed E-state index contributed by atoms with van der Waals surface area (Å²) in [6, 6.07) is 7.14. The van der Waals surface area contributed by atoms with Gasteiger partial charge in [-0.25, -0.2) is 13.4 Å². The molecule has 3 aromatic rings. The van der Waals surface area contributed by atoms with Crippen LogP contribution in [0.4, 0.5) is 5.69 Å². The highest BCUT2D eigenvalue weighted by atomic mass is 35.5. The summed E-state index contributed by atoms with van der Waals surface area (Å²) in [5, 5.41) is 12.0. The lowest BCUT2D eigenvalue weighted by Crippen LogP contribution is -2.27. The second-order valence-electron chi connectivity index (χ2n) is 6.63. The van der Waals surface area contributed by atoms with Crippen LogP contribution in [-0.4, -0.2) is 40.1 Å². The summed E-state index contributed by atoms with van der Waals surface area (Å²) in [5.74, 6) is -0.0227. The van der Waals surface area contributed by atoms with Crippen molar-refractivity contribution >= 4 is 33.0 Å². The third-order valence-corrected chi connectivity index (χ3v) is 6.79. The van der Waals surface area contributed by atoms with Crippen molar-refractivity contribution in [1.29, 1.82) is 0 Å². The summed E-state index contributed by atoms with van der Waals surface area (Å²) in [5.41, 5.74) is 0.807. The van der Waals surface area contributed by atoms with Gasteiger partial charge in [-0.15, -0.1) is 0 Å². The number of rotatable bonds is 6. The van der Waals surface area contributed by atoms with Crippen molar-refractivity contribution in [2.24, 2.45) is 0 Å². The Balaban J connectivity index is 1.58. The van der Waals surface area contributed by atoms with Gasteiger partial charge in [0.25, 0.3) is 0 Å². The number of fused-ring (bicyclic) bond motifs is 1. The molecule has 0 amide bonds. The van der Waals surface area contributed by atoms with Crippen LogP contribution in [0.15, 0.2) is 47.6 Å². The predicted molar refractivity (Wildman–Crippen MR) is 106 cm³/mol. The summed E-state index contributed by atoms with van der Waals surface area (Å²) in [7, 11) is -3.75. The van der Waals surface area contributed by atoms with E-state index in [1.165, 1.54) is 16.4 Å². The maximum absolute atomic E-state index is 12.7. The average Bonchev–Trinajstić information content (AvgIpc) is 3.35. The molecule has 0 saturated carbocycles. The number of hydrogen-bond acceptors (Lipinski definition) is 6. The van der Waals surface area contributed by atoms with Crippen molar-refractivity contribution in [2.75, 3.05) is 13.1 Å². The second-order valence-corrected chi connectivity index (χ2v) is 9.01. The van der Waals surface area contributed by atoms with E-state index in [0.29, 0.717) is 29.5 Å². The van der Waals surface area contributed by atoms with E-state index in [1.807, 2.05) is 0 Å². The first kappa shape index (κ1) is 19.6. The molecule has 0 bridgehead atoms. The summed E-state index contributed by atoms with van der Waals surface area (Å²) in [4.78, 5) is 15.1. The lowest BCUT2D eigenvalue weighted by Gasteiger charge is -2.15. The van der Waals surface area contributed by atoms with Gasteiger partial charge in [-0.2, -0.15) is 4.31 Å². The average molecular weight is 437 g/mol. The number of sulfonamides is 1. The molecule has 0 N–H and O–H groups in total. The van der Waals surface area contributed by atoms with Gasteiger partial charge in [0.05, 0.1) is 20.5 Å². The minimum absolute atomic E-state index is 0.0155. The van der Waals surface area contributed by atoms with Crippen LogP contribution < -0.4 is 4.74 Å². The lowest BCUT2D eigenvalue weighted by atomic mass is 10.3. The van der Waals surface area contributed by atoms with E-state index in [0.717, 1.165) is 18.9 Å². The normalized spacial score (nSPS) is 15.1. The van der Waals surface area contributed by atoms with Gasteiger partial charge in [-0.05, 0) is 37.1 Å². The lowest BCUT2D eigenvalue weighted by molar-refractivity contribution is -0.386. The Hall–Kier alpha value is -2.69. The molecule has 1 fully saturated rings. The first-order valence-electron chi connectivity index (χ1n) is 8.89. The number of hydrogen-bond donors (Lipinski definition) is 0. The zero-order chi connectivity index (χ0) is 20.6. The molecule has 152 valence electrons. The molecule has 0 atom stereocenters. The van der Waals surface area contributed by atoms with Crippen LogP contribution in [0.3, 0.4) is 0 Å². The molecule has 29 heavy (non-hydrogen) atoms. The van der Waals surface area contributed by atoms with E-state index in [9.17, 15) is 18.5 Å². The highest BCUT2D eigenvalue weighted by molar-refractivity contribution is 7.89. The molecular formula is C18H17ClN4O5S. The minimum atomic E-state index is -3.75. The van der Waals surface area contributed by atoms with Crippen LogP contribution in [0.25, 0.3) is 5.65 Å². The van der Waals surface area contributed by atoms with Gasteiger partial charge in [0.2, 0.25) is 10.0 Å². The highest BCUT2D eigenvalue weighted by Crippen LogP contribution is 2.32. The number of nitro benzene ring substituents is 1. The van der Waals surface area contributed by atoms with E-state index >= 15 is 0 Å². The van der Waals surface area contributed by atoms with Crippen LogP contribution in [0.2, 0.25) is 5.02 Å². The first-order valence-corrected chi connectivity index (χ1v) is 10.7. The molecule has 0 radical (unpaired) electrons. The van der Waals surface area contributed by atoms with E-state index in [-0.39, 0.29) is 17.3 Å². The van der Waals surface area contributed by atoms with Gasteiger partial charge >= 0.3 is 5.69 Å². The van der Waals surface area contributed by atoms with Gasteiger partial charge in [-0.1, -0.05) is 11.6 Å². The number of nitro groups is 1. The van der Waals surface area contributed by atoms with Crippen LogP contribution in [-0.2, 0) is 16.6 Å². The van der Waals surface area contributed by atoms with Crippen LogP contribution in [0, 0.1) is 10.1 Å². The Kier molecular flexibility index (Phi) is 5.15. The number of halogens is 1. The largest absolute Gasteiger partial charge is 0.480 e. The molecule has 11 heteroatoms. The molecule has 0 unspecified atom stereocenters. The minimum Gasteiger partial charge on any atom is -0.480 e. The molecule has 3 heterocycles. The Morgan fingerprint density at radius 2 is 1.93 bits per heavy atom. The smallest absolute Gasteiger partial charge is 0.312 e. The quantitative estimate of drug-likeness (QED) is 0.433. The molecule has 1 aromatic carbocycles.